The topological polar surface area (TPSA) is 41.1 Å². The lowest BCUT2D eigenvalue weighted by molar-refractivity contribution is -0.110. The van der Waals surface area contributed by atoms with Crippen LogP contribution in [0.1, 0.15) is 20.8 Å². The first-order valence-electron chi connectivity index (χ1n) is 3.13. The molecule has 0 aliphatic heterocycles. The summed E-state index contributed by atoms with van der Waals surface area (Å²) in [7, 11) is 0. The fourth-order valence-corrected chi connectivity index (χ4v) is 0.332. The van der Waals surface area contributed by atoms with E-state index in [1.807, 2.05) is 6.92 Å². The van der Waals surface area contributed by atoms with Crippen LogP contribution in [0.5, 0.6) is 0 Å². The summed E-state index contributed by atoms with van der Waals surface area (Å²) in [6, 6.07) is 0.329. The normalized spacial score (nSPS) is 13.3. The van der Waals surface area contributed by atoms with Crippen molar-refractivity contribution in [3.8, 4) is 0 Å². The average molecular weight is 130 g/mol. The molecule has 0 rings (SSSR count). The fourth-order valence-electron chi connectivity index (χ4n) is 0.332. The highest BCUT2D eigenvalue weighted by Crippen LogP contribution is 1.96. The number of carbonyl (C=O) groups excluding carboxylic acids is 1. The maximum atomic E-state index is 9.76. The Morgan fingerprint density at radius 2 is 1.89 bits per heavy atom. The minimum Gasteiger partial charge on any atom is -0.294 e. The number of hydrogen-bond acceptors (Lipinski definition) is 2. The molecule has 3 nitrogen and oxygen atoms in total. The third-order valence-electron chi connectivity index (χ3n) is 1.37. The smallest absolute Gasteiger partial charge is 0.221 e. The molecule has 0 saturated heterocycles. The standard InChI is InChI=1S/C6H14N2O/c1-5(2)6(3)8-7-4-9/h4-6,8H,1-3H3,(H,7,9). The highest BCUT2D eigenvalue weighted by molar-refractivity contribution is 5.44. The Balaban J connectivity index is 3.26. The van der Waals surface area contributed by atoms with E-state index < -0.39 is 0 Å². The summed E-state index contributed by atoms with van der Waals surface area (Å²) in [4.78, 5) is 9.76. The second-order valence-corrected chi connectivity index (χ2v) is 2.44. The fraction of sp³-hybridized carbons (Fsp3) is 0.833. The second kappa shape index (κ2) is 4.32. The molecule has 0 fully saturated rings. The second-order valence-electron chi connectivity index (χ2n) is 2.44. The zero-order chi connectivity index (χ0) is 7.28. The van der Waals surface area contributed by atoms with Gasteiger partial charge in [0.15, 0.2) is 0 Å². The Morgan fingerprint density at radius 1 is 1.33 bits per heavy atom. The molecule has 0 aliphatic rings. The van der Waals surface area contributed by atoms with Crippen molar-refractivity contribution in [3.63, 3.8) is 0 Å². The van der Waals surface area contributed by atoms with Crippen LogP contribution >= 0.6 is 0 Å². The van der Waals surface area contributed by atoms with Crippen LogP contribution in [0.3, 0.4) is 0 Å². The van der Waals surface area contributed by atoms with Crippen molar-refractivity contribution in [2.75, 3.05) is 0 Å². The molecule has 0 saturated carbocycles. The minimum absolute atomic E-state index is 0.329. The first-order valence-corrected chi connectivity index (χ1v) is 3.13. The molecule has 1 amide bonds. The molecule has 1 unspecified atom stereocenters. The quantitative estimate of drug-likeness (QED) is 0.424. The van der Waals surface area contributed by atoms with Crippen LogP contribution in [-0.2, 0) is 4.79 Å². The van der Waals surface area contributed by atoms with Crippen LogP contribution in [0.25, 0.3) is 0 Å². The highest BCUT2D eigenvalue weighted by Gasteiger charge is 2.03. The third kappa shape index (κ3) is 3.97. The van der Waals surface area contributed by atoms with Gasteiger partial charge >= 0.3 is 0 Å². The highest BCUT2D eigenvalue weighted by atomic mass is 16.1. The average Bonchev–Trinajstić information content (AvgIpc) is 1.82. The zero-order valence-corrected chi connectivity index (χ0v) is 6.14. The molecular formula is C6H14N2O. The Kier molecular flexibility index (Phi) is 4.05. The molecular weight excluding hydrogens is 116 g/mol. The van der Waals surface area contributed by atoms with E-state index in [0.29, 0.717) is 18.4 Å². The minimum atomic E-state index is 0.329. The summed E-state index contributed by atoms with van der Waals surface area (Å²) in [6.07, 6.45) is 0.638. The Hall–Kier alpha value is -0.570. The van der Waals surface area contributed by atoms with E-state index in [2.05, 4.69) is 24.7 Å². The van der Waals surface area contributed by atoms with Crippen LogP contribution < -0.4 is 10.9 Å². The molecule has 0 spiro atoms. The Bertz CT molecular complexity index is 83.1. The maximum Gasteiger partial charge on any atom is 0.221 e. The van der Waals surface area contributed by atoms with E-state index in [-0.39, 0.29) is 0 Å². The summed E-state index contributed by atoms with van der Waals surface area (Å²) in [5, 5.41) is 0. The lowest BCUT2D eigenvalue weighted by Crippen LogP contribution is -2.40. The van der Waals surface area contributed by atoms with Crippen molar-refractivity contribution >= 4 is 6.41 Å². The summed E-state index contributed by atoms with van der Waals surface area (Å²) in [6.45, 7) is 6.19. The molecule has 2 N–H and O–H groups in total. The lowest BCUT2D eigenvalue weighted by atomic mass is 10.1. The van der Waals surface area contributed by atoms with Gasteiger partial charge in [0.25, 0.3) is 0 Å². The van der Waals surface area contributed by atoms with Gasteiger partial charge in [0.2, 0.25) is 6.41 Å². The molecule has 0 heterocycles. The van der Waals surface area contributed by atoms with E-state index in [4.69, 9.17) is 0 Å². The SMILES string of the molecule is CC(C)C(C)NNC=O. The lowest BCUT2D eigenvalue weighted by Gasteiger charge is -2.15. The van der Waals surface area contributed by atoms with Gasteiger partial charge in [-0.15, -0.1) is 0 Å². The van der Waals surface area contributed by atoms with E-state index in [9.17, 15) is 4.79 Å². The molecule has 0 aliphatic carbocycles. The predicted molar refractivity (Wildman–Crippen MR) is 36.6 cm³/mol. The first-order chi connectivity index (χ1) is 4.18. The van der Waals surface area contributed by atoms with Crippen LogP contribution in [0.15, 0.2) is 0 Å². The van der Waals surface area contributed by atoms with Crippen LogP contribution in [0.2, 0.25) is 0 Å². The largest absolute Gasteiger partial charge is 0.294 e. The Morgan fingerprint density at radius 3 is 2.22 bits per heavy atom. The van der Waals surface area contributed by atoms with Crippen molar-refractivity contribution in [2.45, 2.75) is 26.8 Å². The summed E-state index contributed by atoms with van der Waals surface area (Å²) in [5.74, 6) is 0.539. The van der Waals surface area contributed by atoms with Gasteiger partial charge in [0.05, 0.1) is 0 Å². The predicted octanol–water partition coefficient (Wildman–Crippen LogP) is 0.281. The molecule has 0 aromatic rings. The summed E-state index contributed by atoms with van der Waals surface area (Å²) in [5.41, 5.74) is 5.21. The van der Waals surface area contributed by atoms with Gasteiger partial charge in [-0.25, -0.2) is 5.43 Å². The van der Waals surface area contributed by atoms with E-state index >= 15 is 0 Å². The number of nitrogens with one attached hydrogen (secondary N) is 2. The molecule has 0 radical (unpaired) electrons. The monoisotopic (exact) mass is 130 g/mol. The van der Waals surface area contributed by atoms with E-state index in [1.165, 1.54) is 0 Å². The van der Waals surface area contributed by atoms with Gasteiger partial charge < -0.3 is 0 Å². The van der Waals surface area contributed by atoms with Crippen LogP contribution in [0, 0.1) is 5.92 Å². The van der Waals surface area contributed by atoms with Crippen molar-refractivity contribution in [3.05, 3.63) is 0 Å². The molecule has 0 aromatic carbocycles. The Labute approximate surface area is 55.8 Å². The summed E-state index contributed by atoms with van der Waals surface area (Å²) >= 11 is 0. The number of rotatable bonds is 4. The van der Waals surface area contributed by atoms with Crippen molar-refractivity contribution in [2.24, 2.45) is 5.92 Å². The van der Waals surface area contributed by atoms with E-state index in [0.717, 1.165) is 0 Å². The van der Waals surface area contributed by atoms with Crippen LogP contribution in [0.4, 0.5) is 0 Å². The number of carbonyl (C=O) groups is 1. The van der Waals surface area contributed by atoms with Gasteiger partial charge in [-0.05, 0) is 12.8 Å². The molecule has 1 atom stereocenters. The zero-order valence-electron chi connectivity index (χ0n) is 6.14. The first kappa shape index (κ1) is 8.43. The van der Waals surface area contributed by atoms with Crippen molar-refractivity contribution in [1.29, 1.82) is 0 Å². The van der Waals surface area contributed by atoms with Gasteiger partial charge in [-0.1, -0.05) is 13.8 Å². The maximum absolute atomic E-state index is 9.76. The molecule has 9 heavy (non-hydrogen) atoms. The van der Waals surface area contributed by atoms with Crippen molar-refractivity contribution in [1.82, 2.24) is 10.9 Å². The number of amides is 1. The van der Waals surface area contributed by atoms with Gasteiger partial charge in [0.1, 0.15) is 0 Å². The molecule has 0 aromatic heterocycles. The van der Waals surface area contributed by atoms with Crippen molar-refractivity contribution < 1.29 is 4.79 Å². The van der Waals surface area contributed by atoms with Crippen LogP contribution in [-0.4, -0.2) is 12.5 Å². The van der Waals surface area contributed by atoms with Gasteiger partial charge in [0, 0.05) is 6.04 Å². The summed E-state index contributed by atoms with van der Waals surface area (Å²) < 4.78 is 0. The number of hydrogen-bond donors (Lipinski definition) is 2. The third-order valence-corrected chi connectivity index (χ3v) is 1.37. The van der Waals surface area contributed by atoms with E-state index in [1.54, 1.807) is 0 Å². The van der Waals surface area contributed by atoms with Gasteiger partial charge in [-0.3, -0.25) is 10.2 Å². The number of hydrazine groups is 1. The molecule has 3 heteroatoms. The van der Waals surface area contributed by atoms with Gasteiger partial charge in [-0.2, -0.15) is 0 Å². The molecule has 0 bridgehead atoms. The molecule has 54 valence electrons.